The van der Waals surface area contributed by atoms with E-state index in [9.17, 15) is 31.1 Å². The molecule has 0 saturated heterocycles. The molecule has 0 radical (unpaired) electrons. The number of carbonyl (C=O) groups excluding carboxylic acids is 1. The lowest BCUT2D eigenvalue weighted by atomic mass is 10.3. The standard InChI is InChI=1S/C9H10F6O2Si/c1-4-18(2,3)17-7(9(13,14)15)5-6(16)8(10,11)12/h4-5H,1H2,2-3H3. The Balaban J connectivity index is 5.35. The summed E-state index contributed by atoms with van der Waals surface area (Å²) < 4.78 is 77.3. The van der Waals surface area contributed by atoms with Crippen LogP contribution < -0.4 is 0 Å². The lowest BCUT2D eigenvalue weighted by molar-refractivity contribution is -0.166. The quantitative estimate of drug-likeness (QED) is 0.343. The van der Waals surface area contributed by atoms with Crippen LogP contribution in [-0.2, 0) is 9.22 Å². The third-order valence-electron chi connectivity index (χ3n) is 1.69. The van der Waals surface area contributed by atoms with Crippen LogP contribution in [0.5, 0.6) is 0 Å². The van der Waals surface area contributed by atoms with E-state index in [2.05, 4.69) is 11.0 Å². The Morgan fingerprint density at radius 1 is 1.11 bits per heavy atom. The molecule has 0 N–H and O–H groups in total. The summed E-state index contributed by atoms with van der Waals surface area (Å²) in [6.45, 7) is 5.81. The van der Waals surface area contributed by atoms with Gasteiger partial charge in [-0.05, 0) is 13.1 Å². The van der Waals surface area contributed by atoms with E-state index < -0.39 is 38.3 Å². The van der Waals surface area contributed by atoms with Crippen molar-refractivity contribution in [2.75, 3.05) is 0 Å². The van der Waals surface area contributed by atoms with E-state index in [0.717, 1.165) is 5.70 Å². The summed E-state index contributed by atoms with van der Waals surface area (Å²) in [5.74, 6) is -4.58. The molecule has 0 atom stereocenters. The van der Waals surface area contributed by atoms with E-state index >= 15 is 0 Å². The molecule has 0 aromatic carbocycles. The summed E-state index contributed by atoms with van der Waals surface area (Å²) in [6, 6.07) is 0. The fraction of sp³-hybridized carbons (Fsp3) is 0.444. The van der Waals surface area contributed by atoms with Crippen molar-refractivity contribution in [1.29, 1.82) is 0 Å². The minimum absolute atomic E-state index is 0.585. The molecule has 0 spiro atoms. The molecule has 9 heteroatoms. The molecule has 104 valence electrons. The molecule has 18 heavy (non-hydrogen) atoms. The van der Waals surface area contributed by atoms with Gasteiger partial charge in [-0.3, -0.25) is 4.79 Å². The van der Waals surface area contributed by atoms with Crippen molar-refractivity contribution < 1.29 is 35.6 Å². The van der Waals surface area contributed by atoms with Crippen LogP contribution in [0.3, 0.4) is 0 Å². The maximum absolute atomic E-state index is 12.4. The molecule has 0 fully saturated rings. The highest BCUT2D eigenvalue weighted by Crippen LogP contribution is 2.31. The summed E-state index contributed by atoms with van der Waals surface area (Å²) in [4.78, 5) is 10.5. The zero-order valence-corrected chi connectivity index (χ0v) is 10.4. The van der Waals surface area contributed by atoms with Gasteiger partial charge in [0.2, 0.25) is 0 Å². The zero-order chi connectivity index (χ0) is 14.8. The van der Waals surface area contributed by atoms with Crippen LogP contribution in [0.2, 0.25) is 13.1 Å². The minimum Gasteiger partial charge on any atom is -0.537 e. The molecule has 0 aliphatic carbocycles. The van der Waals surface area contributed by atoms with Crippen LogP contribution in [0.1, 0.15) is 0 Å². The molecule has 0 bridgehead atoms. The normalized spacial score (nSPS) is 14.3. The number of allylic oxidation sites excluding steroid dienone is 2. The van der Waals surface area contributed by atoms with Crippen LogP contribution in [0.4, 0.5) is 26.3 Å². The second kappa shape index (κ2) is 5.17. The Kier molecular flexibility index (Phi) is 4.81. The average Bonchev–Trinajstić information content (AvgIpc) is 2.13. The molecule has 0 aromatic rings. The van der Waals surface area contributed by atoms with E-state index in [0.29, 0.717) is 0 Å². The van der Waals surface area contributed by atoms with Crippen LogP contribution in [0, 0.1) is 0 Å². The van der Waals surface area contributed by atoms with Crippen molar-refractivity contribution in [3.05, 3.63) is 24.1 Å². The lowest BCUT2D eigenvalue weighted by Crippen LogP contribution is -2.33. The zero-order valence-electron chi connectivity index (χ0n) is 9.45. The Morgan fingerprint density at radius 2 is 1.56 bits per heavy atom. The Labute approximate surface area is 100 Å². The van der Waals surface area contributed by atoms with Gasteiger partial charge in [-0.15, -0.1) is 6.58 Å². The first-order valence-corrected chi connectivity index (χ1v) is 7.51. The summed E-state index contributed by atoms with van der Waals surface area (Å²) >= 11 is 0. The molecule has 0 amide bonds. The molecule has 0 unspecified atom stereocenters. The molecule has 0 aliphatic heterocycles. The van der Waals surface area contributed by atoms with E-state index in [4.69, 9.17) is 0 Å². The Hall–Kier alpha value is -1.25. The minimum atomic E-state index is -5.38. The predicted molar refractivity (Wildman–Crippen MR) is 54.0 cm³/mol. The molecule has 0 aromatic heterocycles. The van der Waals surface area contributed by atoms with Crippen LogP contribution in [0.15, 0.2) is 24.1 Å². The van der Waals surface area contributed by atoms with Crippen LogP contribution in [0.25, 0.3) is 0 Å². The summed E-state index contributed by atoms with van der Waals surface area (Å²) in [5, 5.41) is 0. The van der Waals surface area contributed by atoms with Gasteiger partial charge in [0.15, 0.2) is 5.76 Å². The largest absolute Gasteiger partial charge is 0.537 e. The predicted octanol–water partition coefficient (Wildman–Crippen LogP) is 3.51. The van der Waals surface area contributed by atoms with Crippen molar-refractivity contribution in [3.8, 4) is 0 Å². The fourth-order valence-electron chi connectivity index (χ4n) is 0.695. The first-order valence-electron chi connectivity index (χ1n) is 4.52. The van der Waals surface area contributed by atoms with Gasteiger partial charge in [-0.25, -0.2) is 0 Å². The highest BCUT2D eigenvalue weighted by molar-refractivity contribution is 6.76. The molecule has 0 aliphatic rings. The number of hydrogen-bond donors (Lipinski definition) is 0. The maximum atomic E-state index is 12.4. The monoisotopic (exact) mass is 292 g/mol. The van der Waals surface area contributed by atoms with E-state index in [-0.39, 0.29) is 0 Å². The molecule has 0 heterocycles. The first-order chi connectivity index (χ1) is 7.79. The van der Waals surface area contributed by atoms with Crippen molar-refractivity contribution >= 4 is 14.1 Å². The SMILES string of the molecule is C=C[Si](C)(C)OC(=CC(=O)C(F)(F)F)C(F)(F)F. The number of halogens is 6. The number of carbonyl (C=O) groups is 1. The van der Waals surface area contributed by atoms with Gasteiger partial charge in [-0.1, -0.05) is 5.70 Å². The van der Waals surface area contributed by atoms with Gasteiger partial charge in [0.05, 0.1) is 0 Å². The fourth-order valence-corrected chi connectivity index (χ4v) is 1.52. The van der Waals surface area contributed by atoms with Gasteiger partial charge >= 0.3 is 12.4 Å². The van der Waals surface area contributed by atoms with Gasteiger partial charge in [-0.2, -0.15) is 26.3 Å². The summed E-state index contributed by atoms with van der Waals surface area (Å²) in [6.07, 6.45) is -11.1. The van der Waals surface area contributed by atoms with Crippen molar-refractivity contribution in [2.45, 2.75) is 25.4 Å². The second-order valence-electron chi connectivity index (χ2n) is 3.78. The highest BCUT2D eigenvalue weighted by Gasteiger charge is 2.44. The van der Waals surface area contributed by atoms with Gasteiger partial charge in [0.1, 0.15) is 0 Å². The van der Waals surface area contributed by atoms with E-state index in [1.807, 2.05) is 0 Å². The smallest absolute Gasteiger partial charge is 0.454 e. The Bertz CT molecular complexity index is 366. The van der Waals surface area contributed by atoms with Crippen molar-refractivity contribution in [3.63, 3.8) is 0 Å². The molecular weight excluding hydrogens is 282 g/mol. The first kappa shape index (κ1) is 16.7. The maximum Gasteiger partial charge on any atom is 0.454 e. The number of rotatable bonds is 4. The van der Waals surface area contributed by atoms with Gasteiger partial charge in [0, 0.05) is 6.08 Å². The third-order valence-corrected chi connectivity index (χ3v) is 3.41. The van der Waals surface area contributed by atoms with Crippen LogP contribution in [-0.4, -0.2) is 26.5 Å². The van der Waals surface area contributed by atoms with Gasteiger partial charge < -0.3 is 4.43 Å². The average molecular weight is 292 g/mol. The number of ketones is 1. The van der Waals surface area contributed by atoms with Crippen molar-refractivity contribution in [1.82, 2.24) is 0 Å². The number of hydrogen-bond acceptors (Lipinski definition) is 2. The summed E-state index contributed by atoms with van der Waals surface area (Å²) in [5.41, 5.74) is 1.10. The third kappa shape index (κ3) is 5.39. The Morgan fingerprint density at radius 3 is 1.83 bits per heavy atom. The topological polar surface area (TPSA) is 26.3 Å². The van der Waals surface area contributed by atoms with Crippen LogP contribution >= 0.6 is 0 Å². The molecule has 0 saturated carbocycles. The number of alkyl halides is 6. The van der Waals surface area contributed by atoms with E-state index in [1.54, 1.807) is 0 Å². The lowest BCUT2D eigenvalue weighted by Gasteiger charge is -2.23. The van der Waals surface area contributed by atoms with Crippen molar-refractivity contribution in [2.24, 2.45) is 0 Å². The highest BCUT2D eigenvalue weighted by atomic mass is 28.4. The second-order valence-corrected chi connectivity index (χ2v) is 7.60. The summed E-state index contributed by atoms with van der Waals surface area (Å²) in [7, 11) is -3.02. The van der Waals surface area contributed by atoms with E-state index in [1.165, 1.54) is 13.1 Å². The molecule has 0 rings (SSSR count). The molecular formula is C9H10F6O2Si. The van der Waals surface area contributed by atoms with Gasteiger partial charge in [0.25, 0.3) is 14.1 Å². The molecule has 2 nitrogen and oxygen atoms in total.